The van der Waals surface area contributed by atoms with E-state index in [-0.39, 0.29) is 64.7 Å². The van der Waals surface area contributed by atoms with Crippen LogP contribution in [0.2, 0.25) is 10.0 Å². The topological polar surface area (TPSA) is 275 Å². The molecule has 1 aliphatic heterocycles. The molecule has 0 unspecified atom stereocenters. The minimum Gasteiger partial charge on any atom is -0.480 e. The number of carbonyl (C=O) groups excluding carboxylic acids is 4. The van der Waals surface area contributed by atoms with Crippen LogP contribution in [0.5, 0.6) is 0 Å². The molecule has 6 rings (SSSR count). The van der Waals surface area contributed by atoms with Gasteiger partial charge in [-0.15, -0.1) is 0 Å². The zero-order valence-corrected chi connectivity index (χ0v) is 42.5. The summed E-state index contributed by atoms with van der Waals surface area (Å²) >= 11 is 11.6. The van der Waals surface area contributed by atoms with Gasteiger partial charge in [-0.25, -0.2) is 13.6 Å². The van der Waals surface area contributed by atoms with Gasteiger partial charge in [0.2, 0.25) is 17.7 Å². The van der Waals surface area contributed by atoms with Gasteiger partial charge in [0, 0.05) is 30.1 Å². The number of ether oxygens (including phenoxy) is 1. The van der Waals surface area contributed by atoms with E-state index in [1.165, 1.54) is 19.1 Å². The number of amidine groups is 2. The van der Waals surface area contributed by atoms with E-state index < -0.39 is 41.4 Å². The van der Waals surface area contributed by atoms with Crippen molar-refractivity contribution in [2.75, 3.05) is 6.54 Å². The van der Waals surface area contributed by atoms with Crippen molar-refractivity contribution >= 4 is 64.7 Å². The number of hydrogen-bond donors (Lipinski definition) is 10. The van der Waals surface area contributed by atoms with Gasteiger partial charge in [0.1, 0.15) is 41.0 Å². The molecule has 16 nitrogen and oxygen atoms in total. The van der Waals surface area contributed by atoms with Gasteiger partial charge in [-0.2, -0.15) is 0 Å². The molecular weight excluding hydrogens is 984 g/mol. The number of carbonyl (C=O) groups is 5. The second-order valence-electron chi connectivity index (χ2n) is 18.9. The second kappa shape index (κ2) is 28.7. The molecule has 73 heavy (non-hydrogen) atoms. The highest BCUT2D eigenvalue weighted by Crippen LogP contribution is 2.34. The number of nitrogens with two attached hydrogens (primary N) is 2. The SMILES string of the molecule is C.CC(C)(C)OC(=O)NC(=N)c1ccc(CN)cc1.C[C@H](NC(=O)[C@@H]1CC[C@@H](Cc2ccc(F)c(Cl)c2)C1)C(=O)O.C[C@H](NC(=O)[C@H]1C[C@H](Cc2ccc(F)c(Cl)c2)CN1)C(=O)NCc1ccc(C(=N)N)cc1. The maximum absolute atomic E-state index is 13.3. The molecular formula is C53H69Cl2F2N9O7. The molecule has 2 fully saturated rings. The zero-order valence-electron chi connectivity index (χ0n) is 41.0. The Labute approximate surface area is 436 Å². The van der Waals surface area contributed by atoms with Gasteiger partial charge in [0.25, 0.3) is 0 Å². The molecule has 0 radical (unpaired) electrons. The summed E-state index contributed by atoms with van der Waals surface area (Å²) in [7, 11) is 0. The van der Waals surface area contributed by atoms with E-state index in [2.05, 4.69) is 26.6 Å². The fourth-order valence-corrected chi connectivity index (χ4v) is 8.27. The van der Waals surface area contributed by atoms with Crippen LogP contribution >= 0.6 is 23.2 Å². The van der Waals surface area contributed by atoms with Gasteiger partial charge in [-0.3, -0.25) is 35.3 Å². The van der Waals surface area contributed by atoms with Crippen molar-refractivity contribution in [3.8, 4) is 0 Å². The molecule has 1 saturated heterocycles. The Kier molecular flexibility index (Phi) is 23.9. The summed E-state index contributed by atoms with van der Waals surface area (Å²) in [5, 5.41) is 37.8. The van der Waals surface area contributed by atoms with Crippen LogP contribution < -0.4 is 38.1 Å². The van der Waals surface area contributed by atoms with E-state index in [0.29, 0.717) is 55.9 Å². The van der Waals surface area contributed by atoms with Gasteiger partial charge in [0.15, 0.2) is 0 Å². The zero-order chi connectivity index (χ0) is 53.3. The quantitative estimate of drug-likeness (QED) is 0.0408. The Morgan fingerprint density at radius 2 is 1.29 bits per heavy atom. The first-order valence-corrected chi connectivity index (χ1v) is 24.2. The standard InChI is InChI=1S/C23H27ClFN5O2.C16H19ClFNO3.C13H19N3O2.CH4/c1-13(22(31)29-11-14-2-5-17(6-3-14)21(26)27)30-23(32)20-10-16(12-28-20)8-15-4-7-19(25)18(24)9-15;1-9(16(21)22)19-15(20)12-4-2-10(7-12)6-11-3-5-14(18)13(17)8-11;1-13(2,3)18-12(17)16-11(15)10-6-4-9(8-14)5-7-10;/h2-7,9,13,16,20,28H,8,10-12H2,1H3,(H3,26,27)(H,29,31)(H,30,32);3,5,8-10,12H,2,4,6-7H2,1H3,(H,19,20)(H,21,22);4-7H,8,14H2,1-3H3,(H2,15,16,17);1H4/t13-,16-,20+;9-,10-,12+;;/m00../s1. The minimum atomic E-state index is -1.04. The van der Waals surface area contributed by atoms with Crippen LogP contribution in [0.4, 0.5) is 13.6 Å². The number of nitrogens with one attached hydrogen (secondary N) is 7. The van der Waals surface area contributed by atoms with Crippen LogP contribution in [0.1, 0.15) is 101 Å². The first-order valence-electron chi connectivity index (χ1n) is 23.4. The van der Waals surface area contributed by atoms with E-state index in [0.717, 1.165) is 41.5 Å². The van der Waals surface area contributed by atoms with Crippen LogP contribution in [-0.2, 0) is 49.8 Å². The van der Waals surface area contributed by atoms with E-state index in [4.69, 9.17) is 55.3 Å². The number of nitrogen functional groups attached to an aromatic ring is 1. The largest absolute Gasteiger partial charge is 0.480 e. The average molecular weight is 1050 g/mol. The first-order chi connectivity index (χ1) is 33.9. The lowest BCUT2D eigenvalue weighted by molar-refractivity contribution is -0.141. The number of rotatable bonds is 15. The number of aliphatic carboxylic acids is 1. The second-order valence-corrected chi connectivity index (χ2v) is 19.7. The fourth-order valence-electron chi connectivity index (χ4n) is 7.86. The number of alkyl carbamates (subject to hydrolysis) is 1. The average Bonchev–Trinajstić information content (AvgIpc) is 4.01. The normalized spacial score (nSPS) is 17.6. The number of carboxylic acid groups (broad SMARTS) is 1. The third kappa shape index (κ3) is 20.5. The van der Waals surface area contributed by atoms with Crippen molar-refractivity contribution in [1.29, 1.82) is 10.8 Å². The highest BCUT2D eigenvalue weighted by Gasteiger charge is 2.32. The van der Waals surface area contributed by atoms with E-state index in [1.807, 2.05) is 12.1 Å². The maximum atomic E-state index is 13.3. The van der Waals surface area contributed by atoms with Gasteiger partial charge in [-0.05, 0) is 138 Å². The van der Waals surface area contributed by atoms with Crippen LogP contribution in [0.25, 0.3) is 0 Å². The molecule has 4 amide bonds. The number of carboxylic acids is 1. The van der Waals surface area contributed by atoms with Crippen molar-refractivity contribution in [2.45, 2.75) is 117 Å². The van der Waals surface area contributed by atoms with E-state index in [9.17, 15) is 32.8 Å². The van der Waals surface area contributed by atoms with Crippen molar-refractivity contribution in [1.82, 2.24) is 26.6 Å². The molecule has 20 heteroatoms. The van der Waals surface area contributed by atoms with Gasteiger partial charge in [-0.1, -0.05) is 91.3 Å². The molecule has 4 aromatic carbocycles. The minimum absolute atomic E-state index is 0. The van der Waals surface area contributed by atoms with Crippen molar-refractivity contribution < 1.29 is 42.6 Å². The molecule has 396 valence electrons. The Hall–Kier alpha value is -6.47. The summed E-state index contributed by atoms with van der Waals surface area (Å²) in [6.07, 6.45) is 3.79. The monoisotopic (exact) mass is 1050 g/mol. The van der Waals surface area contributed by atoms with E-state index >= 15 is 0 Å². The lowest BCUT2D eigenvalue weighted by atomic mass is 9.96. The summed E-state index contributed by atoms with van der Waals surface area (Å²) in [5.74, 6) is -2.24. The molecule has 0 bridgehead atoms. The van der Waals surface area contributed by atoms with Crippen molar-refractivity contribution in [3.05, 3.63) is 140 Å². The van der Waals surface area contributed by atoms with Gasteiger partial charge < -0.3 is 42.6 Å². The maximum Gasteiger partial charge on any atom is 0.413 e. The Morgan fingerprint density at radius 3 is 1.81 bits per heavy atom. The third-order valence-electron chi connectivity index (χ3n) is 11.8. The van der Waals surface area contributed by atoms with Crippen LogP contribution in [0.15, 0.2) is 84.9 Å². The third-order valence-corrected chi connectivity index (χ3v) is 12.4. The number of amides is 4. The molecule has 12 N–H and O–H groups in total. The van der Waals surface area contributed by atoms with Crippen molar-refractivity contribution in [3.63, 3.8) is 0 Å². The summed E-state index contributed by atoms with van der Waals surface area (Å²) in [4.78, 5) is 59.2. The summed E-state index contributed by atoms with van der Waals surface area (Å²) in [6, 6.07) is 21.5. The number of halogens is 4. The molecule has 1 heterocycles. The molecule has 1 saturated carbocycles. The molecule has 6 atom stereocenters. The summed E-state index contributed by atoms with van der Waals surface area (Å²) < 4.78 is 31.5. The first kappa shape index (κ1) is 60.8. The highest BCUT2D eigenvalue weighted by molar-refractivity contribution is 6.31. The predicted molar refractivity (Wildman–Crippen MR) is 280 cm³/mol. The van der Waals surface area contributed by atoms with Crippen LogP contribution in [-0.4, -0.2) is 76.8 Å². The number of hydrogen-bond acceptors (Lipinski definition) is 10. The lowest BCUT2D eigenvalue weighted by Gasteiger charge is -2.19. The molecule has 0 spiro atoms. The molecule has 0 aromatic heterocycles. The summed E-state index contributed by atoms with van der Waals surface area (Å²) in [6.45, 7) is 9.81. The smallest absolute Gasteiger partial charge is 0.413 e. The molecule has 1 aliphatic carbocycles. The van der Waals surface area contributed by atoms with E-state index in [1.54, 1.807) is 88.4 Å². The fraction of sp³-hybridized carbons (Fsp3) is 0.415. The predicted octanol–water partition coefficient (Wildman–Crippen LogP) is 7.76. The Bertz CT molecular complexity index is 2550. The van der Waals surface area contributed by atoms with Crippen LogP contribution in [0.3, 0.4) is 0 Å². The molecule has 2 aliphatic rings. The highest BCUT2D eigenvalue weighted by atomic mass is 35.5. The lowest BCUT2D eigenvalue weighted by Crippen LogP contribution is -2.49. The molecule has 4 aromatic rings. The Balaban J connectivity index is 0.000000301. The van der Waals surface area contributed by atoms with Gasteiger partial charge in [0.05, 0.1) is 16.1 Å². The summed E-state index contributed by atoms with van der Waals surface area (Å²) in [5.41, 5.74) is 15.3. The Morgan fingerprint density at radius 1 is 0.767 bits per heavy atom. The van der Waals surface area contributed by atoms with Crippen LogP contribution in [0, 0.1) is 40.2 Å². The number of benzene rings is 4. The van der Waals surface area contributed by atoms with Crippen molar-refractivity contribution in [2.24, 2.45) is 29.2 Å². The van der Waals surface area contributed by atoms with Gasteiger partial charge >= 0.3 is 12.1 Å².